The van der Waals surface area contributed by atoms with E-state index in [-0.39, 0.29) is 11.3 Å². The van der Waals surface area contributed by atoms with E-state index in [4.69, 9.17) is 5.26 Å². The molecular weight excluding hydrogens is 262 g/mol. The molecule has 110 valence electrons. The number of aldehydes is 1. The number of rotatable bonds is 2. The SMILES string of the molecule is CC1(C=O)CCC2c3ccc(O)cc3CCC2C1CC#N. The Kier molecular flexibility index (Phi) is 3.49. The molecule has 0 bridgehead atoms. The second-order valence-corrected chi connectivity index (χ2v) is 6.82. The van der Waals surface area contributed by atoms with Crippen LogP contribution in [-0.2, 0) is 11.2 Å². The molecule has 0 amide bonds. The molecule has 3 heteroatoms. The van der Waals surface area contributed by atoms with Gasteiger partial charge in [0.25, 0.3) is 0 Å². The van der Waals surface area contributed by atoms with Gasteiger partial charge in [0.15, 0.2) is 0 Å². The summed E-state index contributed by atoms with van der Waals surface area (Å²) in [6.07, 6.45) is 5.34. The second-order valence-electron chi connectivity index (χ2n) is 6.82. The number of carbonyl (C=O) groups excluding carboxylic acids is 1. The van der Waals surface area contributed by atoms with E-state index in [1.807, 2.05) is 19.1 Å². The van der Waals surface area contributed by atoms with Gasteiger partial charge in [0.05, 0.1) is 6.07 Å². The summed E-state index contributed by atoms with van der Waals surface area (Å²) in [5.74, 6) is 1.32. The topological polar surface area (TPSA) is 61.1 Å². The Morgan fingerprint density at radius 2 is 2.29 bits per heavy atom. The molecule has 1 N–H and O–H groups in total. The molecule has 2 aliphatic carbocycles. The minimum absolute atomic E-state index is 0.153. The van der Waals surface area contributed by atoms with Crippen molar-refractivity contribution < 1.29 is 9.90 Å². The molecule has 4 atom stereocenters. The summed E-state index contributed by atoms with van der Waals surface area (Å²) in [6, 6.07) is 7.96. The number of hydrogen-bond acceptors (Lipinski definition) is 3. The summed E-state index contributed by atoms with van der Waals surface area (Å²) in [7, 11) is 0. The fourth-order valence-electron chi connectivity index (χ4n) is 4.55. The molecule has 2 aliphatic rings. The highest BCUT2D eigenvalue weighted by molar-refractivity contribution is 5.60. The summed E-state index contributed by atoms with van der Waals surface area (Å²) < 4.78 is 0. The average Bonchev–Trinajstić information content (AvgIpc) is 2.49. The maximum absolute atomic E-state index is 11.6. The quantitative estimate of drug-likeness (QED) is 0.844. The standard InChI is InChI=1S/C18H21NO2/c1-18(11-20)8-6-15-14-5-3-13(21)10-12(14)2-4-16(15)17(18)7-9-19/h3,5,10-11,15-17,21H,2,4,6-8H2,1H3. The summed E-state index contributed by atoms with van der Waals surface area (Å²) in [4.78, 5) is 11.6. The van der Waals surface area contributed by atoms with Crippen LogP contribution >= 0.6 is 0 Å². The smallest absolute Gasteiger partial charge is 0.126 e. The first-order valence-electron chi connectivity index (χ1n) is 7.74. The molecule has 1 saturated carbocycles. The number of nitriles is 1. The van der Waals surface area contributed by atoms with Crippen molar-refractivity contribution in [3.63, 3.8) is 0 Å². The number of nitrogens with zero attached hydrogens (tertiary/aromatic N) is 1. The van der Waals surface area contributed by atoms with Crippen molar-refractivity contribution in [2.24, 2.45) is 17.3 Å². The van der Waals surface area contributed by atoms with Gasteiger partial charge in [0, 0.05) is 11.8 Å². The first kappa shape index (κ1) is 14.1. The Labute approximate surface area is 125 Å². The van der Waals surface area contributed by atoms with E-state index in [0.29, 0.717) is 24.0 Å². The highest BCUT2D eigenvalue weighted by atomic mass is 16.3. The van der Waals surface area contributed by atoms with Crippen LogP contribution in [0.3, 0.4) is 0 Å². The van der Waals surface area contributed by atoms with Crippen molar-refractivity contribution in [2.45, 2.75) is 44.9 Å². The fourth-order valence-corrected chi connectivity index (χ4v) is 4.55. The molecule has 3 nitrogen and oxygen atoms in total. The Bertz CT molecular complexity index is 604. The van der Waals surface area contributed by atoms with Gasteiger partial charge in [-0.25, -0.2) is 0 Å². The molecule has 0 heterocycles. The number of fused-ring (bicyclic) bond motifs is 3. The molecule has 3 rings (SSSR count). The van der Waals surface area contributed by atoms with Crippen LogP contribution in [-0.4, -0.2) is 11.4 Å². The van der Waals surface area contributed by atoms with E-state index >= 15 is 0 Å². The molecule has 21 heavy (non-hydrogen) atoms. The van der Waals surface area contributed by atoms with E-state index in [2.05, 4.69) is 6.07 Å². The van der Waals surface area contributed by atoms with E-state index in [1.54, 1.807) is 6.07 Å². The van der Waals surface area contributed by atoms with Gasteiger partial charge in [-0.05, 0) is 66.7 Å². The zero-order chi connectivity index (χ0) is 15.0. The van der Waals surface area contributed by atoms with Gasteiger partial charge >= 0.3 is 0 Å². The number of phenolic OH excluding ortho intramolecular Hbond substituents is 1. The van der Waals surface area contributed by atoms with Gasteiger partial charge in [-0.3, -0.25) is 0 Å². The highest BCUT2D eigenvalue weighted by Gasteiger charge is 2.48. The molecule has 1 fully saturated rings. The van der Waals surface area contributed by atoms with Crippen molar-refractivity contribution >= 4 is 6.29 Å². The van der Waals surface area contributed by atoms with Gasteiger partial charge in [0.1, 0.15) is 12.0 Å². The van der Waals surface area contributed by atoms with Crippen LogP contribution in [0, 0.1) is 28.6 Å². The Morgan fingerprint density at radius 1 is 1.48 bits per heavy atom. The van der Waals surface area contributed by atoms with Crippen molar-refractivity contribution in [1.82, 2.24) is 0 Å². The predicted octanol–water partition coefficient (Wildman–Crippen LogP) is 3.57. The normalized spacial score (nSPS) is 34.4. The molecule has 0 radical (unpaired) electrons. The first-order valence-corrected chi connectivity index (χ1v) is 7.74. The third-order valence-corrected chi connectivity index (χ3v) is 5.73. The lowest BCUT2D eigenvalue weighted by Gasteiger charge is -2.49. The maximum atomic E-state index is 11.6. The summed E-state index contributed by atoms with van der Waals surface area (Å²) in [5.41, 5.74) is 2.20. The number of carbonyl (C=O) groups is 1. The molecule has 0 aliphatic heterocycles. The molecular formula is C18H21NO2. The van der Waals surface area contributed by atoms with Gasteiger partial charge in [-0.15, -0.1) is 0 Å². The Balaban J connectivity index is 1.98. The zero-order valence-electron chi connectivity index (χ0n) is 12.4. The fraction of sp³-hybridized carbons (Fsp3) is 0.556. The van der Waals surface area contributed by atoms with Crippen LogP contribution in [0.2, 0.25) is 0 Å². The first-order chi connectivity index (χ1) is 10.1. The van der Waals surface area contributed by atoms with Crippen LogP contribution in [0.4, 0.5) is 0 Å². The number of benzene rings is 1. The summed E-state index contributed by atoms with van der Waals surface area (Å²) in [5, 5.41) is 18.8. The van der Waals surface area contributed by atoms with E-state index in [1.165, 1.54) is 11.1 Å². The Hall–Kier alpha value is -1.82. The Morgan fingerprint density at radius 3 is 3.00 bits per heavy atom. The van der Waals surface area contributed by atoms with Crippen molar-refractivity contribution in [3.8, 4) is 11.8 Å². The molecule has 4 unspecified atom stereocenters. The third kappa shape index (κ3) is 2.23. The van der Waals surface area contributed by atoms with E-state index < -0.39 is 0 Å². The number of aromatic hydroxyl groups is 1. The molecule has 1 aromatic carbocycles. The van der Waals surface area contributed by atoms with Gasteiger partial charge in [-0.2, -0.15) is 5.26 Å². The predicted molar refractivity (Wildman–Crippen MR) is 79.8 cm³/mol. The van der Waals surface area contributed by atoms with E-state index in [9.17, 15) is 9.90 Å². The maximum Gasteiger partial charge on any atom is 0.126 e. The van der Waals surface area contributed by atoms with Crippen LogP contribution in [0.5, 0.6) is 5.75 Å². The van der Waals surface area contributed by atoms with Gasteiger partial charge in [0.2, 0.25) is 0 Å². The lowest BCUT2D eigenvalue weighted by molar-refractivity contribution is -0.122. The third-order valence-electron chi connectivity index (χ3n) is 5.73. The van der Waals surface area contributed by atoms with Crippen molar-refractivity contribution in [3.05, 3.63) is 29.3 Å². The minimum Gasteiger partial charge on any atom is -0.508 e. The van der Waals surface area contributed by atoms with Gasteiger partial charge < -0.3 is 9.90 Å². The van der Waals surface area contributed by atoms with Crippen LogP contribution in [0.25, 0.3) is 0 Å². The summed E-state index contributed by atoms with van der Waals surface area (Å²) in [6.45, 7) is 2.02. The van der Waals surface area contributed by atoms with Crippen LogP contribution in [0.15, 0.2) is 18.2 Å². The number of aryl methyl sites for hydroxylation is 1. The number of hydrogen-bond donors (Lipinski definition) is 1. The molecule has 0 saturated heterocycles. The van der Waals surface area contributed by atoms with Crippen molar-refractivity contribution in [1.29, 1.82) is 5.26 Å². The molecule has 1 aromatic rings. The summed E-state index contributed by atoms with van der Waals surface area (Å²) >= 11 is 0. The zero-order valence-corrected chi connectivity index (χ0v) is 12.4. The second kappa shape index (κ2) is 5.18. The lowest BCUT2D eigenvalue weighted by Crippen LogP contribution is -2.43. The average molecular weight is 283 g/mol. The lowest BCUT2D eigenvalue weighted by atomic mass is 9.54. The van der Waals surface area contributed by atoms with Crippen LogP contribution in [0.1, 0.15) is 49.7 Å². The van der Waals surface area contributed by atoms with Crippen molar-refractivity contribution in [2.75, 3.05) is 0 Å². The molecule has 0 aromatic heterocycles. The number of phenols is 1. The molecule has 0 spiro atoms. The largest absolute Gasteiger partial charge is 0.508 e. The highest BCUT2D eigenvalue weighted by Crippen LogP contribution is 2.55. The monoisotopic (exact) mass is 283 g/mol. The minimum atomic E-state index is -0.356. The van der Waals surface area contributed by atoms with Gasteiger partial charge in [-0.1, -0.05) is 13.0 Å². The van der Waals surface area contributed by atoms with Crippen LogP contribution < -0.4 is 0 Å². The van der Waals surface area contributed by atoms with E-state index in [0.717, 1.165) is 32.0 Å².